The molecule has 4 rings (SSSR count). The normalized spacial score (nSPS) is 31.7. The standard InChI is InChI=1S/C27H36F4O3/c1-2-3-16-4-5-21-15-20(11-10-19(21)14-16)17-6-8-18(9-7-17)26(32)33-22-12-13-23(34-27(30)31)25(29)24(22)28/h12-13,16-21,27H,2-11,14-15H2,1H3. The van der Waals surface area contributed by atoms with Gasteiger partial charge >= 0.3 is 12.6 Å². The van der Waals surface area contributed by atoms with E-state index in [0.717, 1.165) is 48.6 Å². The van der Waals surface area contributed by atoms with Crippen LogP contribution in [0.1, 0.15) is 84.0 Å². The van der Waals surface area contributed by atoms with Crippen molar-refractivity contribution in [3.8, 4) is 11.5 Å². The molecule has 0 bridgehead atoms. The van der Waals surface area contributed by atoms with Gasteiger partial charge in [0.25, 0.3) is 0 Å². The Morgan fingerprint density at radius 2 is 1.41 bits per heavy atom. The molecule has 4 unspecified atom stereocenters. The Labute approximate surface area is 199 Å². The molecule has 190 valence electrons. The number of benzene rings is 1. The molecule has 3 nitrogen and oxygen atoms in total. The van der Waals surface area contributed by atoms with Gasteiger partial charge in [0.05, 0.1) is 5.92 Å². The van der Waals surface area contributed by atoms with Crippen LogP contribution in [0.15, 0.2) is 12.1 Å². The van der Waals surface area contributed by atoms with Gasteiger partial charge in [-0.05, 0) is 99.5 Å². The molecule has 1 aromatic rings. The van der Waals surface area contributed by atoms with Crippen molar-refractivity contribution in [2.75, 3.05) is 0 Å². The van der Waals surface area contributed by atoms with Gasteiger partial charge in [-0.25, -0.2) is 0 Å². The molecule has 0 heterocycles. The molecule has 7 heteroatoms. The fourth-order valence-electron chi connectivity index (χ4n) is 6.92. The fraction of sp³-hybridized carbons (Fsp3) is 0.741. The van der Waals surface area contributed by atoms with Gasteiger partial charge in [0.2, 0.25) is 11.6 Å². The summed E-state index contributed by atoms with van der Waals surface area (Å²) in [4.78, 5) is 12.6. The van der Waals surface area contributed by atoms with Crippen molar-refractivity contribution < 1.29 is 31.8 Å². The number of carbonyl (C=O) groups is 1. The predicted octanol–water partition coefficient (Wildman–Crippen LogP) is 7.91. The minimum absolute atomic E-state index is 0.350. The molecule has 1 aromatic carbocycles. The van der Waals surface area contributed by atoms with E-state index in [1.807, 2.05) is 0 Å². The molecule has 0 saturated heterocycles. The lowest BCUT2D eigenvalue weighted by molar-refractivity contribution is -0.140. The molecular weight excluding hydrogens is 448 g/mol. The zero-order valence-electron chi connectivity index (χ0n) is 19.9. The van der Waals surface area contributed by atoms with E-state index >= 15 is 0 Å². The molecular formula is C27H36F4O3. The Balaban J connectivity index is 1.26. The van der Waals surface area contributed by atoms with Gasteiger partial charge in [-0.15, -0.1) is 0 Å². The van der Waals surface area contributed by atoms with Crippen LogP contribution in [-0.4, -0.2) is 12.6 Å². The molecule has 0 amide bonds. The van der Waals surface area contributed by atoms with E-state index in [-0.39, 0.29) is 5.92 Å². The summed E-state index contributed by atoms with van der Waals surface area (Å²) in [5, 5.41) is 0. The third kappa shape index (κ3) is 5.88. The second-order valence-electron chi connectivity index (χ2n) is 10.7. The highest BCUT2D eigenvalue weighted by Gasteiger charge is 2.39. The number of fused-ring (bicyclic) bond motifs is 1. The third-order valence-corrected chi connectivity index (χ3v) is 8.67. The average molecular weight is 485 g/mol. The maximum atomic E-state index is 14.2. The first-order chi connectivity index (χ1) is 16.4. The molecule has 3 aliphatic carbocycles. The SMILES string of the molecule is CCCC1CCC2CC(C3CCC(C(=O)Oc4ccc(OC(F)F)c(F)c4F)CC3)CCC2C1. The van der Waals surface area contributed by atoms with E-state index in [9.17, 15) is 22.4 Å². The maximum absolute atomic E-state index is 14.2. The zero-order chi connectivity index (χ0) is 24.2. The average Bonchev–Trinajstić information content (AvgIpc) is 2.83. The van der Waals surface area contributed by atoms with Crippen LogP contribution in [-0.2, 0) is 4.79 Å². The minimum atomic E-state index is -3.27. The van der Waals surface area contributed by atoms with Crippen molar-refractivity contribution in [1.29, 1.82) is 0 Å². The van der Waals surface area contributed by atoms with Crippen LogP contribution in [0.2, 0.25) is 0 Å². The van der Waals surface area contributed by atoms with E-state index in [1.54, 1.807) is 0 Å². The van der Waals surface area contributed by atoms with E-state index in [4.69, 9.17) is 4.74 Å². The molecule has 3 aliphatic rings. The summed E-state index contributed by atoms with van der Waals surface area (Å²) in [5.41, 5.74) is 0. The van der Waals surface area contributed by atoms with Crippen LogP contribution in [0, 0.1) is 47.1 Å². The smallest absolute Gasteiger partial charge is 0.387 e. The van der Waals surface area contributed by atoms with Gasteiger partial charge in [0.15, 0.2) is 11.5 Å². The lowest BCUT2D eigenvalue weighted by Gasteiger charge is -2.45. The monoisotopic (exact) mass is 484 g/mol. The molecule has 0 spiro atoms. The van der Waals surface area contributed by atoms with Crippen LogP contribution >= 0.6 is 0 Å². The number of hydrogen-bond acceptors (Lipinski definition) is 3. The number of esters is 1. The van der Waals surface area contributed by atoms with Gasteiger partial charge in [-0.1, -0.05) is 26.2 Å². The predicted molar refractivity (Wildman–Crippen MR) is 121 cm³/mol. The van der Waals surface area contributed by atoms with E-state index in [1.165, 1.54) is 51.4 Å². The number of alkyl halides is 2. The zero-order valence-corrected chi connectivity index (χ0v) is 19.9. The van der Waals surface area contributed by atoms with Crippen molar-refractivity contribution in [2.45, 2.75) is 90.6 Å². The maximum Gasteiger partial charge on any atom is 0.387 e. The summed E-state index contributed by atoms with van der Waals surface area (Å²) in [5.74, 6) is -1.48. The Morgan fingerprint density at radius 3 is 2.09 bits per heavy atom. The first-order valence-corrected chi connectivity index (χ1v) is 13.0. The van der Waals surface area contributed by atoms with E-state index in [2.05, 4.69) is 11.7 Å². The number of carbonyl (C=O) groups excluding carboxylic acids is 1. The van der Waals surface area contributed by atoms with Crippen molar-refractivity contribution >= 4 is 5.97 Å². The molecule has 3 fully saturated rings. The third-order valence-electron chi connectivity index (χ3n) is 8.67. The van der Waals surface area contributed by atoms with E-state index < -0.39 is 35.7 Å². The molecule has 4 atom stereocenters. The van der Waals surface area contributed by atoms with Crippen LogP contribution in [0.5, 0.6) is 11.5 Å². The highest BCUT2D eigenvalue weighted by molar-refractivity contribution is 5.75. The number of rotatable bonds is 7. The quantitative estimate of drug-likeness (QED) is 0.224. The van der Waals surface area contributed by atoms with Crippen LogP contribution < -0.4 is 9.47 Å². The van der Waals surface area contributed by atoms with Gasteiger partial charge in [0.1, 0.15) is 0 Å². The first kappa shape index (κ1) is 25.3. The van der Waals surface area contributed by atoms with Crippen molar-refractivity contribution in [1.82, 2.24) is 0 Å². The largest absolute Gasteiger partial charge is 0.432 e. The summed E-state index contributed by atoms with van der Waals surface area (Å²) < 4.78 is 61.7. The summed E-state index contributed by atoms with van der Waals surface area (Å²) in [6.45, 7) is -0.991. The topological polar surface area (TPSA) is 35.5 Å². The summed E-state index contributed by atoms with van der Waals surface area (Å²) in [7, 11) is 0. The fourth-order valence-corrected chi connectivity index (χ4v) is 6.92. The Kier molecular flexibility index (Phi) is 8.41. The van der Waals surface area contributed by atoms with Crippen LogP contribution in [0.25, 0.3) is 0 Å². The summed E-state index contributed by atoms with van der Waals surface area (Å²) in [6.07, 6.45) is 14.1. The number of halogens is 4. The Morgan fingerprint density at radius 1 is 0.853 bits per heavy atom. The second-order valence-corrected chi connectivity index (χ2v) is 10.7. The highest BCUT2D eigenvalue weighted by atomic mass is 19.3. The Hall–Kier alpha value is -1.79. The van der Waals surface area contributed by atoms with Crippen molar-refractivity contribution in [3.05, 3.63) is 23.8 Å². The highest BCUT2D eigenvalue weighted by Crippen LogP contribution is 2.49. The molecule has 0 N–H and O–H groups in total. The summed E-state index contributed by atoms with van der Waals surface area (Å²) in [6, 6.07) is 1.80. The molecule has 34 heavy (non-hydrogen) atoms. The number of hydrogen-bond donors (Lipinski definition) is 0. The molecule has 0 radical (unpaired) electrons. The van der Waals surface area contributed by atoms with Crippen molar-refractivity contribution in [2.24, 2.45) is 35.5 Å². The van der Waals surface area contributed by atoms with E-state index in [0.29, 0.717) is 18.8 Å². The lowest BCUT2D eigenvalue weighted by atomic mass is 9.60. The van der Waals surface area contributed by atoms with Gasteiger partial charge in [0, 0.05) is 0 Å². The van der Waals surface area contributed by atoms with Crippen molar-refractivity contribution in [3.63, 3.8) is 0 Å². The van der Waals surface area contributed by atoms with Crippen LogP contribution in [0.3, 0.4) is 0 Å². The number of ether oxygens (including phenoxy) is 2. The Bertz CT molecular complexity index is 837. The van der Waals surface area contributed by atoms with Gasteiger partial charge in [-0.2, -0.15) is 17.6 Å². The molecule has 3 saturated carbocycles. The lowest BCUT2D eigenvalue weighted by Crippen LogP contribution is -2.35. The minimum Gasteiger partial charge on any atom is -0.432 e. The summed E-state index contributed by atoms with van der Waals surface area (Å²) >= 11 is 0. The molecule has 0 aromatic heterocycles. The first-order valence-electron chi connectivity index (χ1n) is 13.0. The second kappa shape index (κ2) is 11.3. The molecule has 0 aliphatic heterocycles. The van der Waals surface area contributed by atoms with Crippen LogP contribution in [0.4, 0.5) is 17.6 Å². The van der Waals surface area contributed by atoms with Gasteiger partial charge < -0.3 is 9.47 Å². The van der Waals surface area contributed by atoms with Gasteiger partial charge in [-0.3, -0.25) is 4.79 Å².